The van der Waals surface area contributed by atoms with Crippen LogP contribution < -0.4 is 0 Å². The van der Waals surface area contributed by atoms with E-state index in [9.17, 15) is 0 Å². The van der Waals surface area contributed by atoms with Crippen LogP contribution in [0.15, 0.2) is 0 Å². The van der Waals surface area contributed by atoms with Gasteiger partial charge in [0, 0.05) is 78.2 Å². The maximum absolute atomic E-state index is 0. The van der Waals surface area contributed by atoms with Gasteiger partial charge in [0.15, 0.2) is 0 Å². The Morgan fingerprint density at radius 2 is 1.00 bits per heavy atom. The molecule has 3 heteroatoms. The molecular weight excluding hydrogens is 103 g/mol. The molecule has 0 spiro atoms. The van der Waals surface area contributed by atoms with Crippen LogP contribution in [-0.4, -0.2) is 78.2 Å². The second kappa shape index (κ2) is 17.6. The minimum Gasteiger partial charge on any atom is -0.0776 e. The van der Waals surface area contributed by atoms with Crippen molar-refractivity contribution in [3.63, 3.8) is 0 Å². The Balaban J connectivity index is 0. The van der Waals surface area contributed by atoms with E-state index in [-0.39, 0.29) is 85.6 Å². The van der Waals surface area contributed by atoms with E-state index in [1.165, 1.54) is 0 Å². The van der Waals surface area contributed by atoms with E-state index in [0.29, 0.717) is 0 Å². The molecule has 7 radical (unpaired) electrons. The maximum Gasteiger partial charge on any atom is 0 e. The molecule has 0 saturated carbocycles. The second-order valence-corrected chi connectivity index (χ2v) is 0. The van der Waals surface area contributed by atoms with Gasteiger partial charge in [-0.25, -0.2) is 0 Å². The minimum absolute atomic E-state index is 0. The van der Waals surface area contributed by atoms with Crippen LogP contribution in [0, 0.1) is 0 Å². The van der Waals surface area contributed by atoms with Crippen molar-refractivity contribution < 1.29 is 0 Å². The predicted octanol–water partition coefficient (Wildman–Crippen LogP) is -0.506. The molecule has 0 rings (SSSR count). The van der Waals surface area contributed by atoms with Gasteiger partial charge in [0.2, 0.25) is 0 Å². The Morgan fingerprint density at radius 3 is 1.00 bits per heavy atom. The zero-order valence-electron chi connectivity index (χ0n) is 1.99. The van der Waals surface area contributed by atoms with Gasteiger partial charge in [0.25, 0.3) is 0 Å². The van der Waals surface area contributed by atoms with Crippen molar-refractivity contribution in [3.8, 4) is 0 Å². The number of hydrogen-bond acceptors (Lipinski definition) is 0. The fraction of sp³-hybridized carbons (Fsp3) is 1.00. The topological polar surface area (TPSA) is 0 Å². The first-order valence-corrected chi connectivity index (χ1v) is 0. The van der Waals surface area contributed by atoms with Gasteiger partial charge in [-0.05, 0) is 0 Å². The van der Waals surface area contributed by atoms with E-state index >= 15 is 0 Å². The van der Waals surface area contributed by atoms with Crippen molar-refractivity contribution in [3.05, 3.63) is 0 Å². The second-order valence-electron chi connectivity index (χ2n) is 0. The molecular formula is CH4AlCaMg. The molecule has 0 bridgehead atoms. The Bertz CT molecular complexity index is 8.00. The smallest absolute Gasteiger partial charge is 0 e. The Hall–Kier alpha value is 2.56. The van der Waals surface area contributed by atoms with Gasteiger partial charge in [-0.15, -0.1) is 0 Å². The molecule has 0 saturated heterocycles. The summed E-state index contributed by atoms with van der Waals surface area (Å²) in [5.74, 6) is 0. The zero-order valence-corrected chi connectivity index (χ0v) is 6.77. The van der Waals surface area contributed by atoms with Crippen LogP contribution >= 0.6 is 0 Å². The Kier molecular flexibility index (Phi) is 137. The molecule has 0 fully saturated rings. The first-order chi connectivity index (χ1) is 0. The summed E-state index contributed by atoms with van der Waals surface area (Å²) in [7, 11) is 0. The molecule has 0 aromatic carbocycles. The summed E-state index contributed by atoms with van der Waals surface area (Å²) in [6, 6.07) is 0. The normalized spacial score (nSPS) is 0. The third-order valence-electron chi connectivity index (χ3n) is 0. The Morgan fingerprint density at radius 1 is 1.00 bits per heavy atom. The molecule has 0 aliphatic rings. The number of rotatable bonds is 0. The quantitative estimate of drug-likeness (QED) is 0.366. The fourth-order valence-corrected chi connectivity index (χ4v) is 0. The fourth-order valence-electron chi connectivity index (χ4n) is 0. The van der Waals surface area contributed by atoms with Crippen LogP contribution in [0.2, 0.25) is 0 Å². The van der Waals surface area contributed by atoms with Crippen molar-refractivity contribution in [2.24, 2.45) is 0 Å². The van der Waals surface area contributed by atoms with Gasteiger partial charge in [0.1, 0.15) is 0 Å². The molecule has 0 atom stereocenters. The first-order valence-electron chi connectivity index (χ1n) is 0. The van der Waals surface area contributed by atoms with E-state index in [1.54, 1.807) is 0 Å². The molecule has 0 aromatic rings. The minimum atomic E-state index is 0. The van der Waals surface area contributed by atoms with Crippen LogP contribution in [0.5, 0.6) is 0 Å². The average molecular weight is 107 g/mol. The van der Waals surface area contributed by atoms with Crippen LogP contribution in [0.3, 0.4) is 0 Å². The van der Waals surface area contributed by atoms with Gasteiger partial charge >= 0.3 is 0 Å². The molecule has 0 unspecified atom stereocenters. The van der Waals surface area contributed by atoms with E-state index in [0.717, 1.165) is 0 Å². The zero-order chi connectivity index (χ0) is 0. The van der Waals surface area contributed by atoms with E-state index in [2.05, 4.69) is 0 Å². The molecule has 0 aliphatic carbocycles. The van der Waals surface area contributed by atoms with E-state index in [1.807, 2.05) is 0 Å². The third-order valence-corrected chi connectivity index (χ3v) is 0. The van der Waals surface area contributed by atoms with Gasteiger partial charge in [-0.1, -0.05) is 7.43 Å². The summed E-state index contributed by atoms with van der Waals surface area (Å²) in [6.45, 7) is 0. The van der Waals surface area contributed by atoms with Gasteiger partial charge in [0.05, 0.1) is 0 Å². The summed E-state index contributed by atoms with van der Waals surface area (Å²) in [6.07, 6.45) is 0. The molecule has 0 N–H and O–H groups in total. The van der Waals surface area contributed by atoms with Crippen LogP contribution in [0.1, 0.15) is 7.43 Å². The SMILES string of the molecule is C.[Al].[Ca].[Mg]. The van der Waals surface area contributed by atoms with Crippen molar-refractivity contribution in [1.29, 1.82) is 0 Å². The van der Waals surface area contributed by atoms with Crippen LogP contribution in [0.25, 0.3) is 0 Å². The molecule has 0 amide bonds. The van der Waals surface area contributed by atoms with Crippen molar-refractivity contribution >= 4 is 78.2 Å². The van der Waals surface area contributed by atoms with Gasteiger partial charge < -0.3 is 0 Å². The molecule has 0 nitrogen and oxygen atoms in total. The van der Waals surface area contributed by atoms with Crippen molar-refractivity contribution in [2.75, 3.05) is 0 Å². The Labute approximate surface area is 84.0 Å². The van der Waals surface area contributed by atoms with E-state index < -0.39 is 0 Å². The first kappa shape index (κ1) is 31.0. The van der Waals surface area contributed by atoms with Crippen molar-refractivity contribution in [2.45, 2.75) is 7.43 Å². The van der Waals surface area contributed by atoms with Gasteiger partial charge in [-0.3, -0.25) is 0 Å². The largest absolute Gasteiger partial charge is 0.0776 e. The van der Waals surface area contributed by atoms with Crippen LogP contribution in [-0.2, 0) is 0 Å². The third kappa shape index (κ3) is 8.82. The number of hydrogen-bond donors (Lipinski definition) is 0. The summed E-state index contributed by atoms with van der Waals surface area (Å²) >= 11 is 0. The summed E-state index contributed by atoms with van der Waals surface area (Å²) in [4.78, 5) is 0. The molecule has 0 aromatic heterocycles. The molecule has 0 aliphatic heterocycles. The standard InChI is InChI=1S/CH4.Al.Ca.Mg/h1H4;;;. The average Bonchev–Trinajstić information content (AvgIpc) is 0. The van der Waals surface area contributed by atoms with E-state index in [4.69, 9.17) is 0 Å². The van der Waals surface area contributed by atoms with Gasteiger partial charge in [-0.2, -0.15) is 0 Å². The predicted molar refractivity (Wildman–Crippen MR) is 24.0 cm³/mol. The molecule has 4 heavy (non-hydrogen) atoms. The molecule has 0 heterocycles. The van der Waals surface area contributed by atoms with Crippen molar-refractivity contribution in [1.82, 2.24) is 0 Å². The monoisotopic (exact) mass is 107 g/mol. The summed E-state index contributed by atoms with van der Waals surface area (Å²) in [5.41, 5.74) is 0. The van der Waals surface area contributed by atoms with Crippen LogP contribution in [0.4, 0.5) is 0 Å². The summed E-state index contributed by atoms with van der Waals surface area (Å²) in [5, 5.41) is 0. The summed E-state index contributed by atoms with van der Waals surface area (Å²) < 4.78 is 0. The maximum atomic E-state index is 0. The molecule has 15 valence electrons.